The van der Waals surface area contributed by atoms with E-state index < -0.39 is 12.0 Å². The molecular weight excluding hydrogens is 208 g/mol. The summed E-state index contributed by atoms with van der Waals surface area (Å²) < 4.78 is 0. The summed E-state index contributed by atoms with van der Waals surface area (Å²) in [5.74, 6) is -1.21. The van der Waals surface area contributed by atoms with E-state index in [1.807, 2.05) is 0 Å². The summed E-state index contributed by atoms with van der Waals surface area (Å²) in [6.45, 7) is 3.44. The zero-order chi connectivity index (χ0) is 12.1. The summed E-state index contributed by atoms with van der Waals surface area (Å²) in [6, 6.07) is 2.86. The lowest BCUT2D eigenvalue weighted by Crippen LogP contribution is -2.34. The highest BCUT2D eigenvalue weighted by Gasteiger charge is 2.12. The first-order valence-corrected chi connectivity index (χ1v) is 4.94. The van der Waals surface area contributed by atoms with Crippen LogP contribution in [0.15, 0.2) is 18.3 Å². The lowest BCUT2D eigenvalue weighted by molar-refractivity contribution is -0.137. The molecule has 5 nitrogen and oxygen atoms in total. The van der Waals surface area contributed by atoms with E-state index in [0.29, 0.717) is 5.56 Å². The Hall–Kier alpha value is -1.91. The summed E-state index contributed by atoms with van der Waals surface area (Å²) in [5.41, 5.74) is 1.24. The van der Waals surface area contributed by atoms with Gasteiger partial charge in [-0.3, -0.25) is 14.6 Å². The van der Waals surface area contributed by atoms with Crippen molar-refractivity contribution in [1.29, 1.82) is 0 Å². The Morgan fingerprint density at radius 1 is 1.56 bits per heavy atom. The number of carboxylic acids is 1. The minimum atomic E-state index is -0.932. The fraction of sp³-hybridized carbons (Fsp3) is 0.364. The molecule has 1 rings (SSSR count). The molecule has 0 saturated heterocycles. The lowest BCUT2D eigenvalue weighted by atomic mass is 10.2. The number of carbonyl (C=O) groups is 2. The predicted octanol–water partition coefficient (Wildman–Crippen LogP) is 0.983. The summed E-state index contributed by atoms with van der Waals surface area (Å²) in [6.07, 6.45) is 1.46. The number of aryl methyl sites for hydroxylation is 1. The molecular formula is C11H14N2O3. The summed E-state index contributed by atoms with van der Waals surface area (Å²) in [4.78, 5) is 26.1. The Balaban J connectivity index is 2.62. The van der Waals surface area contributed by atoms with Crippen LogP contribution >= 0.6 is 0 Å². The molecule has 16 heavy (non-hydrogen) atoms. The van der Waals surface area contributed by atoms with Gasteiger partial charge in [0.15, 0.2) is 0 Å². The Morgan fingerprint density at radius 2 is 2.25 bits per heavy atom. The molecule has 1 aromatic rings. The number of amides is 1. The van der Waals surface area contributed by atoms with Crippen LogP contribution in [0.25, 0.3) is 0 Å². The molecule has 5 heteroatoms. The second-order valence-corrected chi connectivity index (χ2v) is 3.66. The van der Waals surface area contributed by atoms with E-state index in [0.717, 1.165) is 5.69 Å². The molecule has 1 heterocycles. The van der Waals surface area contributed by atoms with Crippen LogP contribution in [0.5, 0.6) is 0 Å². The number of hydrogen-bond donors (Lipinski definition) is 2. The van der Waals surface area contributed by atoms with Crippen LogP contribution in [0.1, 0.15) is 29.4 Å². The van der Waals surface area contributed by atoms with Crippen molar-refractivity contribution in [2.24, 2.45) is 0 Å². The first-order valence-electron chi connectivity index (χ1n) is 4.94. The molecule has 1 unspecified atom stereocenters. The Labute approximate surface area is 93.5 Å². The topological polar surface area (TPSA) is 79.3 Å². The molecule has 1 aromatic heterocycles. The van der Waals surface area contributed by atoms with Gasteiger partial charge in [-0.1, -0.05) is 0 Å². The first kappa shape index (κ1) is 12.2. The van der Waals surface area contributed by atoms with Crippen LogP contribution in [-0.2, 0) is 4.79 Å². The average Bonchev–Trinajstić information content (AvgIpc) is 2.16. The van der Waals surface area contributed by atoms with E-state index >= 15 is 0 Å². The van der Waals surface area contributed by atoms with Crippen molar-refractivity contribution < 1.29 is 14.7 Å². The van der Waals surface area contributed by atoms with Crippen LogP contribution in [-0.4, -0.2) is 28.0 Å². The number of pyridine rings is 1. The third-order valence-corrected chi connectivity index (χ3v) is 2.02. The van der Waals surface area contributed by atoms with Crippen molar-refractivity contribution in [2.75, 3.05) is 0 Å². The van der Waals surface area contributed by atoms with Crippen LogP contribution in [0.3, 0.4) is 0 Å². The molecule has 0 aromatic carbocycles. The van der Waals surface area contributed by atoms with E-state index in [2.05, 4.69) is 10.3 Å². The molecule has 0 aliphatic rings. The van der Waals surface area contributed by atoms with Gasteiger partial charge in [0.1, 0.15) is 0 Å². The Kier molecular flexibility index (Phi) is 3.99. The number of nitrogens with one attached hydrogen (secondary N) is 1. The minimum absolute atomic E-state index is 0.0875. The molecule has 0 aliphatic carbocycles. The summed E-state index contributed by atoms with van der Waals surface area (Å²) >= 11 is 0. The number of aliphatic carboxylic acids is 1. The van der Waals surface area contributed by atoms with Gasteiger partial charge in [0.2, 0.25) is 0 Å². The molecule has 86 valence electrons. The van der Waals surface area contributed by atoms with Crippen molar-refractivity contribution >= 4 is 11.9 Å². The standard InChI is InChI=1S/C11H14N2O3/c1-7-5-9(3-4-12-7)11(16)13-8(2)6-10(14)15/h3-5,8H,6H2,1-2H3,(H,13,16)(H,14,15). The van der Waals surface area contributed by atoms with Gasteiger partial charge in [-0.05, 0) is 26.0 Å². The summed E-state index contributed by atoms with van der Waals surface area (Å²) in [5, 5.41) is 11.2. The fourth-order valence-electron chi connectivity index (χ4n) is 1.31. The van der Waals surface area contributed by atoms with E-state index in [4.69, 9.17) is 5.11 Å². The Morgan fingerprint density at radius 3 is 2.81 bits per heavy atom. The van der Waals surface area contributed by atoms with Crippen molar-refractivity contribution in [2.45, 2.75) is 26.3 Å². The number of carbonyl (C=O) groups excluding carboxylic acids is 1. The minimum Gasteiger partial charge on any atom is -0.481 e. The van der Waals surface area contributed by atoms with Crippen molar-refractivity contribution in [3.63, 3.8) is 0 Å². The number of hydrogen-bond acceptors (Lipinski definition) is 3. The highest BCUT2D eigenvalue weighted by atomic mass is 16.4. The largest absolute Gasteiger partial charge is 0.481 e. The van der Waals surface area contributed by atoms with Crippen molar-refractivity contribution in [3.8, 4) is 0 Å². The van der Waals surface area contributed by atoms with Gasteiger partial charge in [-0.15, -0.1) is 0 Å². The molecule has 0 radical (unpaired) electrons. The van der Waals surface area contributed by atoms with E-state index in [1.165, 1.54) is 0 Å². The maximum absolute atomic E-state index is 11.7. The van der Waals surface area contributed by atoms with Crippen LogP contribution in [0, 0.1) is 6.92 Å². The highest BCUT2D eigenvalue weighted by Crippen LogP contribution is 2.02. The number of nitrogens with zero attached hydrogens (tertiary/aromatic N) is 1. The molecule has 0 saturated carbocycles. The Bertz CT molecular complexity index is 404. The molecule has 1 amide bonds. The zero-order valence-electron chi connectivity index (χ0n) is 9.23. The molecule has 0 bridgehead atoms. The van der Waals surface area contributed by atoms with Gasteiger partial charge in [-0.2, -0.15) is 0 Å². The monoisotopic (exact) mass is 222 g/mol. The molecule has 0 fully saturated rings. The van der Waals surface area contributed by atoms with Crippen molar-refractivity contribution in [3.05, 3.63) is 29.6 Å². The van der Waals surface area contributed by atoms with Gasteiger partial charge in [-0.25, -0.2) is 0 Å². The third kappa shape index (κ3) is 3.68. The van der Waals surface area contributed by atoms with Crippen LogP contribution in [0.4, 0.5) is 0 Å². The normalized spacial score (nSPS) is 11.9. The van der Waals surface area contributed by atoms with Gasteiger partial charge < -0.3 is 10.4 Å². The molecule has 2 N–H and O–H groups in total. The first-order chi connectivity index (χ1) is 7.49. The number of rotatable bonds is 4. The van der Waals surface area contributed by atoms with E-state index in [-0.39, 0.29) is 12.3 Å². The van der Waals surface area contributed by atoms with E-state index in [1.54, 1.807) is 32.2 Å². The maximum atomic E-state index is 11.7. The van der Waals surface area contributed by atoms with Crippen molar-refractivity contribution in [1.82, 2.24) is 10.3 Å². The van der Waals surface area contributed by atoms with Gasteiger partial charge in [0, 0.05) is 23.5 Å². The SMILES string of the molecule is Cc1cc(C(=O)NC(C)CC(=O)O)ccn1. The quantitative estimate of drug-likeness (QED) is 0.796. The second kappa shape index (κ2) is 5.25. The van der Waals surface area contributed by atoms with E-state index in [9.17, 15) is 9.59 Å². The van der Waals surface area contributed by atoms with Crippen LogP contribution < -0.4 is 5.32 Å². The van der Waals surface area contributed by atoms with Gasteiger partial charge >= 0.3 is 5.97 Å². The van der Waals surface area contributed by atoms with Gasteiger partial charge in [0.25, 0.3) is 5.91 Å². The third-order valence-electron chi connectivity index (χ3n) is 2.02. The number of carboxylic acid groups (broad SMARTS) is 1. The highest BCUT2D eigenvalue weighted by molar-refractivity contribution is 5.94. The molecule has 1 atom stereocenters. The second-order valence-electron chi connectivity index (χ2n) is 3.66. The van der Waals surface area contributed by atoms with Crippen LogP contribution in [0.2, 0.25) is 0 Å². The fourth-order valence-corrected chi connectivity index (χ4v) is 1.31. The number of aromatic nitrogens is 1. The lowest BCUT2D eigenvalue weighted by Gasteiger charge is -2.11. The smallest absolute Gasteiger partial charge is 0.305 e. The zero-order valence-corrected chi connectivity index (χ0v) is 9.23. The predicted molar refractivity (Wildman–Crippen MR) is 58.2 cm³/mol. The molecule has 0 aliphatic heterocycles. The average molecular weight is 222 g/mol. The molecule has 0 spiro atoms. The maximum Gasteiger partial charge on any atom is 0.305 e. The summed E-state index contributed by atoms with van der Waals surface area (Å²) in [7, 11) is 0. The van der Waals surface area contributed by atoms with Gasteiger partial charge in [0.05, 0.1) is 6.42 Å².